The Morgan fingerprint density at radius 2 is 1.97 bits per heavy atom. The second kappa shape index (κ2) is 6.47. The molecule has 30 heavy (non-hydrogen) atoms. The minimum Gasteiger partial charge on any atom is -0.486 e. The standard InChI is InChI=1S/C23H23N3O4/c27-21(24-14-7-8-19-20(12-14)30-11-10-29-19)17-13-15-4-3-9-26(15)23(17)16-5-1-2-6-18(16)25-22(23)28/h1-2,5-8,12,15,17H,3-4,9-11,13H2,(H,24,27)(H,25,28)/t15-,17-,23-/m1/s1. The van der Waals surface area contributed by atoms with E-state index in [1.165, 1.54) is 0 Å². The summed E-state index contributed by atoms with van der Waals surface area (Å²) in [6, 6.07) is 13.4. The van der Waals surface area contributed by atoms with Crippen LogP contribution in [0.3, 0.4) is 0 Å². The third-order valence-corrected chi connectivity index (χ3v) is 6.90. The van der Waals surface area contributed by atoms with Crippen LogP contribution in [0.5, 0.6) is 11.5 Å². The zero-order valence-corrected chi connectivity index (χ0v) is 16.5. The van der Waals surface area contributed by atoms with E-state index in [1.807, 2.05) is 36.4 Å². The lowest BCUT2D eigenvalue weighted by Gasteiger charge is -2.36. The molecule has 2 aromatic carbocycles. The summed E-state index contributed by atoms with van der Waals surface area (Å²) in [6.45, 7) is 1.85. The molecule has 2 N–H and O–H groups in total. The van der Waals surface area contributed by atoms with Crippen LogP contribution in [0.1, 0.15) is 24.8 Å². The van der Waals surface area contributed by atoms with E-state index < -0.39 is 11.5 Å². The van der Waals surface area contributed by atoms with Crippen molar-refractivity contribution in [3.8, 4) is 11.5 Å². The van der Waals surface area contributed by atoms with Gasteiger partial charge in [0.05, 0.1) is 5.92 Å². The molecule has 4 aliphatic rings. The number of hydrogen-bond donors (Lipinski definition) is 2. The van der Waals surface area contributed by atoms with Gasteiger partial charge in [0.1, 0.15) is 18.8 Å². The number of para-hydroxylation sites is 1. The molecule has 2 saturated heterocycles. The Kier molecular flexibility index (Phi) is 3.83. The first kappa shape index (κ1) is 17.8. The fourth-order valence-corrected chi connectivity index (χ4v) is 5.73. The van der Waals surface area contributed by atoms with E-state index in [1.54, 1.807) is 6.07 Å². The highest BCUT2D eigenvalue weighted by Gasteiger charge is 2.65. The lowest BCUT2D eigenvalue weighted by Crippen LogP contribution is -2.53. The van der Waals surface area contributed by atoms with Crippen molar-refractivity contribution < 1.29 is 19.1 Å². The number of anilines is 2. The zero-order valence-electron chi connectivity index (χ0n) is 16.5. The van der Waals surface area contributed by atoms with Crippen LogP contribution in [0.15, 0.2) is 42.5 Å². The minimum atomic E-state index is -0.935. The normalized spacial score (nSPS) is 28.9. The van der Waals surface area contributed by atoms with Crippen molar-refractivity contribution in [2.45, 2.75) is 30.8 Å². The van der Waals surface area contributed by atoms with Crippen molar-refractivity contribution >= 4 is 23.2 Å². The molecule has 2 amide bonds. The molecule has 2 fully saturated rings. The van der Waals surface area contributed by atoms with E-state index in [2.05, 4.69) is 15.5 Å². The lowest BCUT2D eigenvalue weighted by molar-refractivity contribution is -0.135. The molecule has 3 atom stereocenters. The molecule has 0 saturated carbocycles. The smallest absolute Gasteiger partial charge is 0.250 e. The minimum absolute atomic E-state index is 0.0876. The van der Waals surface area contributed by atoms with E-state index in [4.69, 9.17) is 9.47 Å². The number of hydrogen-bond acceptors (Lipinski definition) is 5. The largest absolute Gasteiger partial charge is 0.486 e. The maximum absolute atomic E-state index is 13.5. The Morgan fingerprint density at radius 3 is 2.87 bits per heavy atom. The summed E-state index contributed by atoms with van der Waals surface area (Å²) in [6.07, 6.45) is 2.75. The average molecular weight is 405 g/mol. The molecule has 0 unspecified atom stereocenters. The van der Waals surface area contributed by atoms with E-state index in [0.717, 1.165) is 30.6 Å². The van der Waals surface area contributed by atoms with Gasteiger partial charge in [-0.2, -0.15) is 0 Å². The summed E-state index contributed by atoms with van der Waals surface area (Å²) < 4.78 is 11.2. The van der Waals surface area contributed by atoms with Crippen LogP contribution in [0, 0.1) is 5.92 Å². The first-order chi connectivity index (χ1) is 14.7. The van der Waals surface area contributed by atoms with E-state index >= 15 is 0 Å². The summed E-state index contributed by atoms with van der Waals surface area (Å²) in [5.41, 5.74) is 1.45. The molecule has 4 heterocycles. The lowest BCUT2D eigenvalue weighted by atomic mass is 9.78. The average Bonchev–Trinajstić information content (AvgIpc) is 3.42. The molecule has 154 valence electrons. The number of ether oxygens (including phenoxy) is 2. The summed E-state index contributed by atoms with van der Waals surface area (Å²) in [7, 11) is 0. The van der Waals surface area contributed by atoms with Crippen molar-refractivity contribution in [3.63, 3.8) is 0 Å². The zero-order chi connectivity index (χ0) is 20.3. The predicted molar refractivity (Wildman–Crippen MR) is 111 cm³/mol. The molecule has 0 aliphatic carbocycles. The third-order valence-electron chi connectivity index (χ3n) is 6.90. The second-order valence-electron chi connectivity index (χ2n) is 8.39. The van der Waals surface area contributed by atoms with Gasteiger partial charge in [-0.1, -0.05) is 18.2 Å². The van der Waals surface area contributed by atoms with Crippen LogP contribution in [0.4, 0.5) is 11.4 Å². The van der Waals surface area contributed by atoms with Crippen LogP contribution in [-0.4, -0.2) is 42.5 Å². The fourth-order valence-electron chi connectivity index (χ4n) is 5.73. The van der Waals surface area contributed by atoms with Gasteiger partial charge in [-0.15, -0.1) is 0 Å². The summed E-state index contributed by atoms with van der Waals surface area (Å²) in [5, 5.41) is 6.08. The number of nitrogens with zero attached hydrogens (tertiary/aromatic N) is 1. The maximum Gasteiger partial charge on any atom is 0.250 e. The second-order valence-corrected chi connectivity index (χ2v) is 8.39. The Bertz CT molecular complexity index is 1050. The van der Waals surface area contributed by atoms with Gasteiger partial charge in [0.25, 0.3) is 0 Å². The van der Waals surface area contributed by atoms with Crippen molar-refractivity contribution in [2.24, 2.45) is 5.92 Å². The van der Waals surface area contributed by atoms with E-state index in [0.29, 0.717) is 36.8 Å². The highest BCUT2D eigenvalue weighted by Crippen LogP contribution is 2.55. The van der Waals surface area contributed by atoms with Gasteiger partial charge in [-0.25, -0.2) is 0 Å². The molecule has 0 aromatic heterocycles. The Morgan fingerprint density at radius 1 is 1.13 bits per heavy atom. The number of benzene rings is 2. The molecule has 0 radical (unpaired) electrons. The molecule has 6 rings (SSSR count). The molecular weight excluding hydrogens is 382 g/mol. The Balaban J connectivity index is 1.37. The maximum atomic E-state index is 13.5. The van der Waals surface area contributed by atoms with Gasteiger partial charge in [-0.05, 0) is 44.0 Å². The van der Waals surface area contributed by atoms with Gasteiger partial charge < -0.3 is 20.1 Å². The third kappa shape index (κ3) is 2.35. The van der Waals surface area contributed by atoms with Gasteiger partial charge in [0.15, 0.2) is 11.5 Å². The quantitative estimate of drug-likeness (QED) is 0.803. The van der Waals surface area contributed by atoms with Crippen molar-refractivity contribution in [3.05, 3.63) is 48.0 Å². The summed E-state index contributed by atoms with van der Waals surface area (Å²) >= 11 is 0. The number of fused-ring (bicyclic) bond motifs is 5. The van der Waals surface area contributed by atoms with Gasteiger partial charge in [0, 0.05) is 29.0 Å². The highest BCUT2D eigenvalue weighted by atomic mass is 16.6. The molecule has 7 nitrogen and oxygen atoms in total. The summed E-state index contributed by atoms with van der Waals surface area (Å²) in [4.78, 5) is 29.2. The van der Waals surface area contributed by atoms with Gasteiger partial charge in [-0.3, -0.25) is 14.5 Å². The first-order valence-electron chi connectivity index (χ1n) is 10.6. The van der Waals surface area contributed by atoms with Crippen molar-refractivity contribution in [2.75, 3.05) is 30.4 Å². The molecule has 2 aromatic rings. The fraction of sp³-hybridized carbons (Fsp3) is 0.391. The van der Waals surface area contributed by atoms with Gasteiger partial charge >= 0.3 is 0 Å². The van der Waals surface area contributed by atoms with Crippen LogP contribution >= 0.6 is 0 Å². The van der Waals surface area contributed by atoms with Crippen molar-refractivity contribution in [1.29, 1.82) is 0 Å². The molecule has 0 bridgehead atoms. The number of carbonyl (C=O) groups excluding carboxylic acids is 2. The van der Waals surface area contributed by atoms with E-state index in [-0.39, 0.29) is 17.9 Å². The SMILES string of the molecule is O=C(Nc1ccc2c(c1)OCCO2)[C@H]1C[C@H]2CCCN2[C@@]12C(=O)Nc1ccccc12. The Labute approximate surface area is 174 Å². The summed E-state index contributed by atoms with van der Waals surface area (Å²) in [5.74, 6) is 0.633. The Hall–Kier alpha value is -3.06. The number of rotatable bonds is 2. The molecule has 4 aliphatic heterocycles. The molecular formula is C23H23N3O4. The van der Waals surface area contributed by atoms with Crippen LogP contribution in [-0.2, 0) is 15.1 Å². The first-order valence-corrected chi connectivity index (χ1v) is 10.6. The molecule has 7 heteroatoms. The predicted octanol–water partition coefficient (Wildman–Crippen LogP) is 2.73. The van der Waals surface area contributed by atoms with E-state index in [9.17, 15) is 9.59 Å². The number of amides is 2. The topological polar surface area (TPSA) is 79.9 Å². The van der Waals surface area contributed by atoms with Crippen LogP contribution < -0.4 is 20.1 Å². The number of nitrogens with one attached hydrogen (secondary N) is 2. The number of carbonyl (C=O) groups is 2. The van der Waals surface area contributed by atoms with Crippen LogP contribution in [0.25, 0.3) is 0 Å². The van der Waals surface area contributed by atoms with Gasteiger partial charge in [0.2, 0.25) is 11.8 Å². The highest BCUT2D eigenvalue weighted by molar-refractivity contribution is 6.10. The van der Waals surface area contributed by atoms with Crippen molar-refractivity contribution in [1.82, 2.24) is 4.90 Å². The van der Waals surface area contributed by atoms with Crippen LogP contribution in [0.2, 0.25) is 0 Å². The molecule has 1 spiro atoms. The monoisotopic (exact) mass is 405 g/mol.